The van der Waals surface area contributed by atoms with Gasteiger partial charge in [0.15, 0.2) is 18.9 Å². The van der Waals surface area contributed by atoms with Gasteiger partial charge >= 0.3 is 0 Å². The number of rotatable bonds is 6. The van der Waals surface area contributed by atoms with E-state index in [0.29, 0.717) is 0 Å². The summed E-state index contributed by atoms with van der Waals surface area (Å²) >= 11 is 0. The SMILES string of the molecule is C[C@@H]1O[C@H](O[C@H]2[C@H](O[C@H]3[C@H](O)[C@@H](O)C(O)O[C@@H]3CO)O[C@H](CO)[C@H](O)[C@@H]2O)[C@@H](O)[C@H](O)[C@@H]1O. The molecule has 1 unspecified atom stereocenters. The molecule has 0 aromatic rings. The molecule has 0 aromatic carbocycles. The predicted octanol–water partition coefficient (Wildman–Crippen LogP) is -6.55. The first-order valence-electron chi connectivity index (χ1n) is 10.4. The Labute approximate surface area is 187 Å². The fourth-order valence-electron chi connectivity index (χ4n) is 3.98. The van der Waals surface area contributed by atoms with Crippen LogP contribution in [0.4, 0.5) is 0 Å². The van der Waals surface area contributed by atoms with Crippen molar-refractivity contribution in [2.24, 2.45) is 0 Å². The fourth-order valence-corrected chi connectivity index (χ4v) is 3.98. The summed E-state index contributed by atoms with van der Waals surface area (Å²) in [5.41, 5.74) is 0. The summed E-state index contributed by atoms with van der Waals surface area (Å²) in [6.07, 6.45) is -24.1. The molecule has 15 nitrogen and oxygen atoms in total. The van der Waals surface area contributed by atoms with Gasteiger partial charge in [-0.3, -0.25) is 0 Å². The minimum Gasteiger partial charge on any atom is -0.394 e. The lowest BCUT2D eigenvalue weighted by Crippen LogP contribution is -2.66. The smallest absolute Gasteiger partial charge is 0.187 e. The Hall–Kier alpha value is -0.600. The van der Waals surface area contributed by atoms with Crippen molar-refractivity contribution in [3.63, 3.8) is 0 Å². The summed E-state index contributed by atoms with van der Waals surface area (Å²) in [5.74, 6) is 0. The quantitative estimate of drug-likeness (QED) is 0.167. The van der Waals surface area contributed by atoms with Gasteiger partial charge in [-0.1, -0.05) is 0 Å². The maximum Gasteiger partial charge on any atom is 0.187 e. The van der Waals surface area contributed by atoms with Crippen LogP contribution in [0.25, 0.3) is 0 Å². The number of hydrogen-bond donors (Lipinski definition) is 10. The van der Waals surface area contributed by atoms with Gasteiger partial charge in [0.25, 0.3) is 0 Å². The van der Waals surface area contributed by atoms with Gasteiger partial charge in [-0.25, -0.2) is 0 Å². The zero-order chi connectivity index (χ0) is 24.6. The molecule has 0 radical (unpaired) electrons. The van der Waals surface area contributed by atoms with Crippen LogP contribution in [0.15, 0.2) is 0 Å². The van der Waals surface area contributed by atoms with E-state index in [2.05, 4.69) is 0 Å². The summed E-state index contributed by atoms with van der Waals surface area (Å²) in [6.45, 7) is -0.128. The molecule has 0 bridgehead atoms. The third-order valence-corrected chi connectivity index (χ3v) is 6.05. The first-order valence-corrected chi connectivity index (χ1v) is 10.4. The van der Waals surface area contributed by atoms with Crippen LogP contribution in [0.2, 0.25) is 0 Å². The summed E-state index contributed by atoms with van der Waals surface area (Å²) in [5, 5.41) is 99.8. The molecule has 15 heteroatoms. The molecule has 3 fully saturated rings. The van der Waals surface area contributed by atoms with Gasteiger partial charge in [-0.05, 0) is 6.92 Å². The Morgan fingerprint density at radius 2 is 1.12 bits per heavy atom. The highest BCUT2D eigenvalue weighted by atomic mass is 16.8. The van der Waals surface area contributed by atoms with Gasteiger partial charge in [0.1, 0.15) is 67.1 Å². The molecular formula is C18H32O15. The molecule has 33 heavy (non-hydrogen) atoms. The molecule has 3 rings (SSSR count). The predicted molar refractivity (Wildman–Crippen MR) is 99.8 cm³/mol. The van der Waals surface area contributed by atoms with Crippen LogP contribution in [-0.4, -0.2) is 156 Å². The highest BCUT2D eigenvalue weighted by Gasteiger charge is 2.53. The Kier molecular flexibility index (Phi) is 8.99. The van der Waals surface area contributed by atoms with E-state index in [9.17, 15) is 51.1 Å². The van der Waals surface area contributed by atoms with Crippen LogP contribution < -0.4 is 0 Å². The molecular weight excluding hydrogens is 456 g/mol. The van der Waals surface area contributed by atoms with E-state index in [0.717, 1.165) is 0 Å². The molecule has 15 atom stereocenters. The third-order valence-electron chi connectivity index (χ3n) is 6.05. The largest absolute Gasteiger partial charge is 0.394 e. The topological polar surface area (TPSA) is 248 Å². The van der Waals surface area contributed by atoms with Gasteiger partial charge in [0, 0.05) is 0 Å². The fraction of sp³-hybridized carbons (Fsp3) is 1.00. The summed E-state index contributed by atoms with van der Waals surface area (Å²) < 4.78 is 26.9. The summed E-state index contributed by atoms with van der Waals surface area (Å²) in [4.78, 5) is 0. The zero-order valence-corrected chi connectivity index (χ0v) is 17.6. The number of aliphatic hydroxyl groups excluding tert-OH is 10. The molecule has 0 saturated carbocycles. The molecule has 10 N–H and O–H groups in total. The number of hydrogen-bond acceptors (Lipinski definition) is 15. The average molecular weight is 488 g/mol. The Morgan fingerprint density at radius 3 is 1.73 bits per heavy atom. The first-order chi connectivity index (χ1) is 15.5. The van der Waals surface area contributed by atoms with E-state index < -0.39 is 105 Å². The minimum atomic E-state index is -1.83. The molecule has 0 aliphatic carbocycles. The van der Waals surface area contributed by atoms with Gasteiger partial charge in [0.2, 0.25) is 0 Å². The highest BCUT2D eigenvalue weighted by Crippen LogP contribution is 2.32. The Bertz CT molecular complexity index is 624. The molecule has 194 valence electrons. The lowest BCUT2D eigenvalue weighted by molar-refractivity contribution is -0.385. The van der Waals surface area contributed by atoms with E-state index >= 15 is 0 Å². The van der Waals surface area contributed by atoms with Crippen LogP contribution in [0, 0.1) is 0 Å². The van der Waals surface area contributed by atoms with E-state index in [1.165, 1.54) is 6.92 Å². The molecule has 0 aromatic heterocycles. The first kappa shape index (κ1) is 27.0. The van der Waals surface area contributed by atoms with E-state index in [1.54, 1.807) is 0 Å². The van der Waals surface area contributed by atoms with Crippen molar-refractivity contribution in [3.05, 3.63) is 0 Å². The maximum absolute atomic E-state index is 10.6. The van der Waals surface area contributed by atoms with Gasteiger partial charge in [0.05, 0.1) is 19.3 Å². The molecule has 0 spiro atoms. The van der Waals surface area contributed by atoms with E-state index in [4.69, 9.17) is 23.7 Å². The second kappa shape index (κ2) is 11.0. The van der Waals surface area contributed by atoms with Gasteiger partial charge < -0.3 is 74.7 Å². The minimum absolute atomic E-state index is 0.760. The summed E-state index contributed by atoms with van der Waals surface area (Å²) in [7, 11) is 0. The monoisotopic (exact) mass is 488 g/mol. The lowest BCUT2D eigenvalue weighted by Gasteiger charge is -2.48. The average Bonchev–Trinajstić information content (AvgIpc) is 2.80. The van der Waals surface area contributed by atoms with Crippen molar-refractivity contribution in [1.82, 2.24) is 0 Å². The van der Waals surface area contributed by atoms with Crippen molar-refractivity contribution in [2.45, 2.75) is 99.0 Å². The third kappa shape index (κ3) is 5.32. The van der Waals surface area contributed by atoms with Crippen molar-refractivity contribution in [2.75, 3.05) is 13.2 Å². The molecule has 3 heterocycles. The highest BCUT2D eigenvalue weighted by molar-refractivity contribution is 4.95. The standard InChI is InChI=1S/C18H32O15/c1-4-7(21)9(23)13(27)17(29-4)33-15-10(24)8(22)5(2-19)31-18(15)32-14-6(3-20)30-16(28)12(26)11(14)25/h4-28H,2-3H2,1H3/t4-,5+,6+,7+,8-,9+,10-,11+,12+,13-,14+,15+,16?,17+,18-/m0/s1. The van der Waals surface area contributed by atoms with Crippen molar-refractivity contribution in [1.29, 1.82) is 0 Å². The van der Waals surface area contributed by atoms with Crippen LogP contribution >= 0.6 is 0 Å². The lowest BCUT2D eigenvalue weighted by atomic mass is 9.96. The van der Waals surface area contributed by atoms with Crippen LogP contribution in [0.3, 0.4) is 0 Å². The van der Waals surface area contributed by atoms with Crippen LogP contribution in [0.1, 0.15) is 6.92 Å². The van der Waals surface area contributed by atoms with E-state index in [1.807, 2.05) is 0 Å². The van der Waals surface area contributed by atoms with Crippen LogP contribution in [0.5, 0.6) is 0 Å². The number of aliphatic hydroxyl groups is 10. The normalized spacial score (nSPS) is 53.7. The maximum atomic E-state index is 10.6. The zero-order valence-electron chi connectivity index (χ0n) is 17.6. The molecule has 3 aliphatic heterocycles. The van der Waals surface area contributed by atoms with Crippen molar-refractivity contribution < 1.29 is 74.7 Å². The second-order valence-corrected chi connectivity index (χ2v) is 8.32. The molecule has 3 aliphatic rings. The van der Waals surface area contributed by atoms with Crippen LogP contribution in [-0.2, 0) is 23.7 Å². The Balaban J connectivity index is 1.83. The molecule has 0 amide bonds. The van der Waals surface area contributed by atoms with Crippen molar-refractivity contribution in [3.8, 4) is 0 Å². The van der Waals surface area contributed by atoms with Gasteiger partial charge in [-0.2, -0.15) is 0 Å². The number of ether oxygens (including phenoxy) is 5. The van der Waals surface area contributed by atoms with E-state index in [-0.39, 0.29) is 0 Å². The Morgan fingerprint density at radius 1 is 0.545 bits per heavy atom. The second-order valence-electron chi connectivity index (χ2n) is 8.32. The van der Waals surface area contributed by atoms with Gasteiger partial charge in [-0.15, -0.1) is 0 Å². The molecule has 3 saturated heterocycles. The van der Waals surface area contributed by atoms with Crippen molar-refractivity contribution >= 4 is 0 Å². The summed E-state index contributed by atoms with van der Waals surface area (Å²) in [6, 6.07) is 0.